The zero-order valence-electron chi connectivity index (χ0n) is 12.3. The fourth-order valence-corrected chi connectivity index (χ4v) is 2.46. The number of nitrogens with one attached hydrogen (secondary N) is 2. The normalized spacial score (nSPS) is 10.2. The second-order valence-electron chi connectivity index (χ2n) is 5.23. The van der Waals surface area contributed by atoms with Crippen LogP contribution in [-0.4, -0.2) is 5.91 Å². The lowest BCUT2D eigenvalue weighted by Gasteiger charge is -2.09. The zero-order chi connectivity index (χ0) is 16.2. The molecule has 3 rings (SSSR count). The summed E-state index contributed by atoms with van der Waals surface area (Å²) in [6.45, 7) is 0.400. The van der Waals surface area contributed by atoms with Crippen LogP contribution in [0.4, 0.5) is 5.69 Å². The SMILES string of the molecule is N#Cc1ccc(CNC(=O)c2cccc3cc([NH])ccc23)cc1. The Balaban J connectivity index is 1.79. The molecule has 0 saturated carbocycles. The first kappa shape index (κ1) is 14.6. The van der Waals surface area contributed by atoms with Gasteiger partial charge in [-0.05, 0) is 46.7 Å². The summed E-state index contributed by atoms with van der Waals surface area (Å²) >= 11 is 0. The molecule has 0 atom stereocenters. The number of rotatable bonds is 3. The number of amides is 1. The topological polar surface area (TPSA) is 76.7 Å². The summed E-state index contributed by atoms with van der Waals surface area (Å²) in [6, 6.07) is 19.9. The number of fused-ring (bicyclic) bond motifs is 1. The van der Waals surface area contributed by atoms with Crippen LogP contribution in [0.3, 0.4) is 0 Å². The first-order valence-electron chi connectivity index (χ1n) is 7.19. The van der Waals surface area contributed by atoms with Gasteiger partial charge < -0.3 is 11.1 Å². The smallest absolute Gasteiger partial charge is 0.252 e. The molecule has 2 N–H and O–H groups in total. The average molecular weight is 300 g/mol. The Morgan fingerprint density at radius 2 is 1.87 bits per heavy atom. The quantitative estimate of drug-likeness (QED) is 0.803. The highest BCUT2D eigenvalue weighted by atomic mass is 16.1. The molecule has 4 nitrogen and oxygen atoms in total. The van der Waals surface area contributed by atoms with Crippen molar-refractivity contribution >= 4 is 22.4 Å². The van der Waals surface area contributed by atoms with Crippen molar-refractivity contribution in [3.63, 3.8) is 0 Å². The highest BCUT2D eigenvalue weighted by Gasteiger charge is 2.09. The van der Waals surface area contributed by atoms with Crippen LogP contribution >= 0.6 is 0 Å². The maximum atomic E-state index is 12.4. The number of nitriles is 1. The molecule has 23 heavy (non-hydrogen) atoms. The van der Waals surface area contributed by atoms with Crippen LogP contribution in [0.15, 0.2) is 60.7 Å². The van der Waals surface area contributed by atoms with E-state index in [-0.39, 0.29) is 5.91 Å². The number of carbonyl (C=O) groups excluding carboxylic acids is 1. The molecule has 0 fully saturated rings. The van der Waals surface area contributed by atoms with Crippen LogP contribution in [0.25, 0.3) is 10.8 Å². The van der Waals surface area contributed by atoms with E-state index in [0.29, 0.717) is 23.4 Å². The second kappa shape index (κ2) is 6.20. The van der Waals surface area contributed by atoms with Crippen molar-refractivity contribution in [3.05, 3.63) is 77.4 Å². The summed E-state index contributed by atoms with van der Waals surface area (Å²) in [5.41, 5.74) is 10.2. The molecular formula is C19H14N3O. The molecule has 4 heteroatoms. The Morgan fingerprint density at radius 1 is 1.09 bits per heavy atom. The minimum Gasteiger partial charge on any atom is -0.348 e. The lowest BCUT2D eigenvalue weighted by atomic mass is 10.0. The summed E-state index contributed by atoms with van der Waals surface area (Å²) in [7, 11) is 0. The van der Waals surface area contributed by atoms with Crippen LogP contribution in [0.5, 0.6) is 0 Å². The van der Waals surface area contributed by atoms with Crippen molar-refractivity contribution < 1.29 is 4.79 Å². The standard InChI is InChI=1S/C19H14N3O/c20-11-13-4-6-14(7-5-13)12-22-19(23)18-3-1-2-15-10-16(21)8-9-17(15)18/h1-10,21H,12H2,(H,22,23). The van der Waals surface area contributed by atoms with E-state index < -0.39 is 0 Å². The molecule has 0 bridgehead atoms. The summed E-state index contributed by atoms with van der Waals surface area (Å²) < 4.78 is 0. The van der Waals surface area contributed by atoms with Gasteiger partial charge in [0.25, 0.3) is 5.91 Å². The molecule has 1 radical (unpaired) electrons. The van der Waals surface area contributed by atoms with Gasteiger partial charge in [0.05, 0.1) is 17.3 Å². The lowest BCUT2D eigenvalue weighted by Crippen LogP contribution is -2.23. The monoisotopic (exact) mass is 300 g/mol. The largest absolute Gasteiger partial charge is 0.348 e. The van der Waals surface area contributed by atoms with E-state index in [4.69, 9.17) is 11.0 Å². The van der Waals surface area contributed by atoms with Gasteiger partial charge in [0.15, 0.2) is 0 Å². The summed E-state index contributed by atoms with van der Waals surface area (Å²) in [6.07, 6.45) is 0. The molecule has 0 aromatic heterocycles. The van der Waals surface area contributed by atoms with E-state index in [1.807, 2.05) is 24.3 Å². The number of benzene rings is 3. The summed E-state index contributed by atoms with van der Waals surface area (Å²) in [5, 5.41) is 13.4. The third kappa shape index (κ3) is 3.14. The van der Waals surface area contributed by atoms with Crippen LogP contribution in [-0.2, 0) is 6.54 Å². The number of hydrogen-bond acceptors (Lipinski definition) is 2. The maximum Gasteiger partial charge on any atom is 0.252 e. The Bertz CT molecular complexity index is 908. The zero-order valence-corrected chi connectivity index (χ0v) is 12.3. The minimum absolute atomic E-state index is 0.155. The molecule has 3 aromatic rings. The van der Waals surface area contributed by atoms with Crippen LogP contribution in [0.1, 0.15) is 21.5 Å². The molecule has 0 unspecified atom stereocenters. The molecule has 0 spiro atoms. The van der Waals surface area contributed by atoms with Crippen LogP contribution in [0.2, 0.25) is 0 Å². The van der Waals surface area contributed by atoms with Gasteiger partial charge in [0, 0.05) is 12.1 Å². The van der Waals surface area contributed by atoms with Gasteiger partial charge in [0.1, 0.15) is 0 Å². The van der Waals surface area contributed by atoms with Crippen molar-refractivity contribution in [2.45, 2.75) is 6.54 Å². The fourth-order valence-electron chi connectivity index (χ4n) is 2.46. The maximum absolute atomic E-state index is 12.4. The van der Waals surface area contributed by atoms with Gasteiger partial charge in [0.2, 0.25) is 0 Å². The van der Waals surface area contributed by atoms with Crippen molar-refractivity contribution in [1.82, 2.24) is 11.1 Å². The van der Waals surface area contributed by atoms with Gasteiger partial charge in [-0.1, -0.05) is 30.3 Å². The highest BCUT2D eigenvalue weighted by molar-refractivity contribution is 6.07. The molecule has 1 amide bonds. The van der Waals surface area contributed by atoms with Crippen LogP contribution in [0, 0.1) is 11.3 Å². The van der Waals surface area contributed by atoms with Gasteiger partial charge in [-0.2, -0.15) is 5.26 Å². The second-order valence-corrected chi connectivity index (χ2v) is 5.23. The molecule has 0 aliphatic rings. The van der Waals surface area contributed by atoms with E-state index in [1.54, 1.807) is 36.4 Å². The molecular weight excluding hydrogens is 286 g/mol. The number of carbonyl (C=O) groups is 1. The molecule has 0 aliphatic heterocycles. The third-order valence-corrected chi connectivity index (χ3v) is 3.66. The van der Waals surface area contributed by atoms with Crippen molar-refractivity contribution in [1.29, 1.82) is 5.26 Å². The van der Waals surface area contributed by atoms with Gasteiger partial charge in [-0.25, -0.2) is 0 Å². The van der Waals surface area contributed by atoms with Crippen LogP contribution < -0.4 is 11.1 Å². The predicted octanol–water partition coefficient (Wildman–Crippen LogP) is 3.56. The van der Waals surface area contributed by atoms with E-state index >= 15 is 0 Å². The lowest BCUT2D eigenvalue weighted by molar-refractivity contribution is 0.0952. The Morgan fingerprint density at radius 3 is 2.61 bits per heavy atom. The summed E-state index contributed by atoms with van der Waals surface area (Å²) in [5.74, 6) is -0.155. The highest BCUT2D eigenvalue weighted by Crippen LogP contribution is 2.22. The number of hydrogen-bond donors (Lipinski definition) is 1. The first-order chi connectivity index (χ1) is 11.2. The average Bonchev–Trinajstić information content (AvgIpc) is 2.59. The fraction of sp³-hybridized carbons (Fsp3) is 0.0526. The van der Waals surface area contributed by atoms with Crippen molar-refractivity contribution in [3.8, 4) is 6.07 Å². The van der Waals surface area contributed by atoms with E-state index in [1.165, 1.54) is 0 Å². The van der Waals surface area contributed by atoms with Gasteiger partial charge in [-0.15, -0.1) is 0 Å². The van der Waals surface area contributed by atoms with E-state index in [9.17, 15) is 4.79 Å². The van der Waals surface area contributed by atoms with E-state index in [0.717, 1.165) is 16.3 Å². The predicted molar refractivity (Wildman–Crippen MR) is 89.0 cm³/mol. The van der Waals surface area contributed by atoms with Gasteiger partial charge >= 0.3 is 0 Å². The van der Waals surface area contributed by atoms with Crippen molar-refractivity contribution in [2.24, 2.45) is 0 Å². The Labute approximate surface area is 134 Å². The molecule has 111 valence electrons. The minimum atomic E-state index is -0.155. The first-order valence-corrected chi connectivity index (χ1v) is 7.19. The van der Waals surface area contributed by atoms with E-state index in [2.05, 4.69) is 11.4 Å². The summed E-state index contributed by atoms with van der Waals surface area (Å²) in [4.78, 5) is 12.4. The molecule has 3 aromatic carbocycles. The van der Waals surface area contributed by atoms with Crippen molar-refractivity contribution in [2.75, 3.05) is 0 Å². The molecule has 0 aliphatic carbocycles. The molecule has 0 heterocycles. The molecule has 0 saturated heterocycles. The Hall–Kier alpha value is -3.32. The Kier molecular flexibility index (Phi) is 3.94. The third-order valence-electron chi connectivity index (χ3n) is 3.66. The van der Waals surface area contributed by atoms with Gasteiger partial charge in [-0.3, -0.25) is 4.79 Å². The number of nitrogens with zero attached hydrogens (tertiary/aromatic N) is 1.